The average Bonchev–Trinajstić information content (AvgIpc) is 2.98. The molecule has 26 heavy (non-hydrogen) atoms. The summed E-state index contributed by atoms with van der Waals surface area (Å²) in [7, 11) is 0. The minimum absolute atomic E-state index is 0.0957. The zero-order valence-corrected chi connectivity index (χ0v) is 14.7. The molecule has 0 unspecified atom stereocenters. The van der Waals surface area contributed by atoms with Crippen LogP contribution in [0.4, 0.5) is 11.4 Å². The van der Waals surface area contributed by atoms with Gasteiger partial charge >= 0.3 is 0 Å². The fourth-order valence-electron chi connectivity index (χ4n) is 3.03. The lowest BCUT2D eigenvalue weighted by Gasteiger charge is -2.09. The Balaban J connectivity index is 1.78. The minimum Gasteiger partial charge on any atom is -0.379 e. The molecular formula is C19H20N4O3. The molecule has 2 aromatic carbocycles. The Kier molecular flexibility index (Phi) is 4.97. The van der Waals surface area contributed by atoms with Crippen LogP contribution in [0.5, 0.6) is 0 Å². The monoisotopic (exact) mass is 352 g/mol. The number of Topliss-reactive ketones (excluding diaryl/α,β-unsaturated/α-hetero) is 1. The molecule has 0 saturated heterocycles. The minimum atomic E-state index is -0.476. The first-order valence-corrected chi connectivity index (χ1v) is 8.48. The van der Waals surface area contributed by atoms with E-state index in [2.05, 4.69) is 21.8 Å². The van der Waals surface area contributed by atoms with Gasteiger partial charge < -0.3 is 9.88 Å². The second-order valence-electron chi connectivity index (χ2n) is 5.98. The summed E-state index contributed by atoms with van der Waals surface area (Å²) in [4.78, 5) is 26.9. The van der Waals surface area contributed by atoms with Crippen LogP contribution in [0.15, 0.2) is 42.5 Å². The lowest BCUT2D eigenvalue weighted by molar-refractivity contribution is -0.384. The Morgan fingerprint density at radius 1 is 1.27 bits per heavy atom. The fraction of sp³-hybridized carbons (Fsp3) is 0.263. The van der Waals surface area contributed by atoms with Crippen molar-refractivity contribution in [2.75, 3.05) is 11.9 Å². The van der Waals surface area contributed by atoms with E-state index < -0.39 is 4.92 Å². The molecule has 3 rings (SSSR count). The number of aromatic nitrogens is 2. The highest BCUT2D eigenvalue weighted by Crippen LogP contribution is 2.26. The molecule has 0 aliphatic heterocycles. The molecule has 0 bridgehead atoms. The Morgan fingerprint density at radius 2 is 2.04 bits per heavy atom. The van der Waals surface area contributed by atoms with Crippen molar-refractivity contribution in [3.8, 4) is 0 Å². The van der Waals surface area contributed by atoms with Gasteiger partial charge in [0, 0.05) is 31.1 Å². The maximum Gasteiger partial charge on any atom is 0.293 e. The molecule has 7 nitrogen and oxygen atoms in total. The van der Waals surface area contributed by atoms with E-state index in [1.54, 1.807) is 12.1 Å². The van der Waals surface area contributed by atoms with E-state index in [1.807, 2.05) is 24.3 Å². The van der Waals surface area contributed by atoms with Crippen molar-refractivity contribution in [3.05, 3.63) is 64.0 Å². The third kappa shape index (κ3) is 3.42. The topological polar surface area (TPSA) is 90.1 Å². The lowest BCUT2D eigenvalue weighted by atomic mass is 10.1. The molecule has 1 N–H and O–H groups in total. The molecule has 1 aromatic heterocycles. The number of nitro groups is 1. The summed E-state index contributed by atoms with van der Waals surface area (Å²) in [6.45, 7) is 4.77. The zero-order valence-electron chi connectivity index (χ0n) is 14.7. The molecule has 0 aliphatic rings. The second-order valence-corrected chi connectivity index (χ2v) is 5.98. The van der Waals surface area contributed by atoms with Gasteiger partial charge in [-0.3, -0.25) is 14.9 Å². The predicted octanol–water partition coefficient (Wildman–Crippen LogP) is 3.82. The highest BCUT2D eigenvalue weighted by Gasteiger charge is 2.16. The number of imidazole rings is 1. The number of hydrogen-bond acceptors (Lipinski definition) is 5. The van der Waals surface area contributed by atoms with Gasteiger partial charge in [0.1, 0.15) is 11.5 Å². The molecule has 0 radical (unpaired) electrons. The first-order valence-electron chi connectivity index (χ1n) is 8.48. The molecule has 0 saturated carbocycles. The Labute approximate surface area is 150 Å². The molecular weight excluding hydrogens is 332 g/mol. The molecule has 0 fully saturated rings. The number of rotatable bonds is 7. The number of aryl methyl sites for hydroxylation is 1. The summed E-state index contributed by atoms with van der Waals surface area (Å²) in [5.74, 6) is 0.737. The first kappa shape index (κ1) is 17.6. The maximum atomic E-state index is 11.4. The summed E-state index contributed by atoms with van der Waals surface area (Å²) >= 11 is 0. The van der Waals surface area contributed by atoms with Gasteiger partial charge in [-0.2, -0.15) is 0 Å². The first-order chi connectivity index (χ1) is 12.5. The van der Waals surface area contributed by atoms with Crippen molar-refractivity contribution in [3.63, 3.8) is 0 Å². The van der Waals surface area contributed by atoms with E-state index in [9.17, 15) is 14.9 Å². The van der Waals surface area contributed by atoms with Crippen molar-refractivity contribution < 1.29 is 9.72 Å². The number of benzene rings is 2. The van der Waals surface area contributed by atoms with E-state index in [0.29, 0.717) is 24.2 Å². The van der Waals surface area contributed by atoms with Crippen LogP contribution in [-0.2, 0) is 13.0 Å². The van der Waals surface area contributed by atoms with Gasteiger partial charge in [-0.15, -0.1) is 0 Å². The van der Waals surface area contributed by atoms with Crippen molar-refractivity contribution in [2.45, 2.75) is 26.8 Å². The molecule has 0 atom stereocenters. The summed E-state index contributed by atoms with van der Waals surface area (Å²) in [5.41, 5.74) is 2.67. The Hall–Kier alpha value is -3.22. The smallest absolute Gasteiger partial charge is 0.293 e. The van der Waals surface area contributed by atoms with Crippen molar-refractivity contribution in [1.29, 1.82) is 0 Å². The molecule has 0 amide bonds. The number of ketones is 1. The number of para-hydroxylation sites is 2. The van der Waals surface area contributed by atoms with Crippen molar-refractivity contribution >= 4 is 28.2 Å². The van der Waals surface area contributed by atoms with Gasteiger partial charge in [0.05, 0.1) is 16.0 Å². The van der Waals surface area contributed by atoms with Crippen LogP contribution in [0.2, 0.25) is 0 Å². The molecule has 3 aromatic rings. The van der Waals surface area contributed by atoms with Crippen LogP contribution in [0, 0.1) is 10.1 Å². The molecule has 134 valence electrons. The zero-order chi connectivity index (χ0) is 18.7. The summed E-state index contributed by atoms with van der Waals surface area (Å²) in [6, 6.07) is 12.4. The highest BCUT2D eigenvalue weighted by molar-refractivity contribution is 5.95. The van der Waals surface area contributed by atoms with E-state index in [1.165, 1.54) is 13.0 Å². The standard InChI is InChI=1S/C19H20N4O3/c1-3-22-17-7-5-4-6-16(17)21-19(22)10-11-20-15-9-8-14(13(2)24)12-18(15)23(25)26/h4-9,12,20H,3,10-11H2,1-2H3. The number of anilines is 1. The quantitative estimate of drug-likeness (QED) is 0.396. The number of fused-ring (bicyclic) bond motifs is 1. The second kappa shape index (κ2) is 7.35. The van der Waals surface area contributed by atoms with Crippen LogP contribution >= 0.6 is 0 Å². The molecule has 0 aliphatic carbocycles. The number of nitro benzene ring substituents is 1. The maximum absolute atomic E-state index is 11.4. The molecule has 0 spiro atoms. The van der Waals surface area contributed by atoms with E-state index in [-0.39, 0.29) is 11.5 Å². The van der Waals surface area contributed by atoms with Gasteiger partial charge in [0.15, 0.2) is 5.78 Å². The Bertz CT molecular complexity index is 978. The number of nitrogens with one attached hydrogen (secondary N) is 1. The normalized spacial score (nSPS) is 10.8. The molecule has 7 heteroatoms. The summed E-state index contributed by atoms with van der Waals surface area (Å²) < 4.78 is 2.14. The summed E-state index contributed by atoms with van der Waals surface area (Å²) in [5, 5.41) is 14.4. The molecule has 1 heterocycles. The van der Waals surface area contributed by atoms with Crippen molar-refractivity contribution in [2.24, 2.45) is 0 Å². The van der Waals surface area contributed by atoms with Crippen LogP contribution in [-0.4, -0.2) is 26.8 Å². The van der Waals surface area contributed by atoms with Gasteiger partial charge in [0.2, 0.25) is 0 Å². The van der Waals surface area contributed by atoms with Gasteiger partial charge in [-0.1, -0.05) is 12.1 Å². The number of hydrogen-bond donors (Lipinski definition) is 1. The largest absolute Gasteiger partial charge is 0.379 e. The number of carbonyl (C=O) groups excluding carboxylic acids is 1. The van der Waals surface area contributed by atoms with Gasteiger partial charge in [-0.25, -0.2) is 4.98 Å². The van der Waals surface area contributed by atoms with Crippen LogP contribution in [0.25, 0.3) is 11.0 Å². The number of nitrogens with zero attached hydrogens (tertiary/aromatic N) is 3. The summed E-state index contributed by atoms with van der Waals surface area (Å²) in [6.07, 6.45) is 0.633. The average molecular weight is 352 g/mol. The predicted molar refractivity (Wildman–Crippen MR) is 101 cm³/mol. The number of carbonyl (C=O) groups is 1. The lowest BCUT2D eigenvalue weighted by Crippen LogP contribution is -2.11. The van der Waals surface area contributed by atoms with Crippen LogP contribution < -0.4 is 5.32 Å². The third-order valence-electron chi connectivity index (χ3n) is 4.31. The van der Waals surface area contributed by atoms with Gasteiger partial charge in [0.25, 0.3) is 5.69 Å². The fourth-order valence-corrected chi connectivity index (χ4v) is 3.03. The van der Waals surface area contributed by atoms with Gasteiger partial charge in [-0.05, 0) is 38.1 Å². The van der Waals surface area contributed by atoms with E-state index in [0.717, 1.165) is 23.4 Å². The highest BCUT2D eigenvalue weighted by atomic mass is 16.6. The third-order valence-corrected chi connectivity index (χ3v) is 4.31. The SMILES string of the molecule is CCn1c(CCNc2ccc(C(C)=O)cc2[N+](=O)[O-])nc2ccccc21. The van der Waals surface area contributed by atoms with Crippen LogP contribution in [0.3, 0.4) is 0 Å². The van der Waals surface area contributed by atoms with E-state index >= 15 is 0 Å². The Morgan fingerprint density at radius 3 is 2.73 bits per heavy atom. The van der Waals surface area contributed by atoms with E-state index in [4.69, 9.17) is 0 Å². The van der Waals surface area contributed by atoms with Crippen molar-refractivity contribution in [1.82, 2.24) is 9.55 Å². The van der Waals surface area contributed by atoms with Crippen LogP contribution in [0.1, 0.15) is 30.0 Å².